The lowest BCUT2D eigenvalue weighted by Crippen LogP contribution is -2.52. The molecule has 1 amide bonds. The Morgan fingerprint density at radius 1 is 1.11 bits per heavy atom. The van der Waals surface area contributed by atoms with Gasteiger partial charge in [0.25, 0.3) is 5.91 Å². The second-order valence-corrected chi connectivity index (χ2v) is 7.38. The van der Waals surface area contributed by atoms with Gasteiger partial charge in [0.05, 0.1) is 6.61 Å². The molecule has 2 aromatic rings. The Morgan fingerprint density at radius 3 is 2.37 bits per heavy atom. The molecule has 140 valence electrons. The van der Waals surface area contributed by atoms with E-state index < -0.39 is 5.54 Å². The predicted octanol–water partition coefficient (Wildman–Crippen LogP) is 4.53. The summed E-state index contributed by atoms with van der Waals surface area (Å²) in [6, 6.07) is 19.0. The van der Waals surface area contributed by atoms with E-state index in [9.17, 15) is 9.59 Å². The molecule has 0 spiro atoms. The van der Waals surface area contributed by atoms with Gasteiger partial charge in [-0.3, -0.25) is 4.79 Å². The average molecular weight is 381 g/mol. The molecular formula is C22H23NO3S. The molecule has 27 heavy (non-hydrogen) atoms. The van der Waals surface area contributed by atoms with Gasteiger partial charge in [0.15, 0.2) is 5.54 Å². The van der Waals surface area contributed by atoms with Crippen molar-refractivity contribution in [1.29, 1.82) is 0 Å². The first kappa shape index (κ1) is 19.2. The third kappa shape index (κ3) is 3.93. The molecule has 1 saturated heterocycles. The van der Waals surface area contributed by atoms with Crippen LogP contribution in [-0.4, -0.2) is 35.5 Å². The highest BCUT2D eigenvalue weighted by Crippen LogP contribution is 2.39. The number of hydrogen-bond donors (Lipinski definition) is 0. The van der Waals surface area contributed by atoms with E-state index in [1.54, 1.807) is 42.6 Å². The number of esters is 1. The van der Waals surface area contributed by atoms with Crippen molar-refractivity contribution in [2.45, 2.75) is 30.7 Å². The Bertz CT molecular complexity index is 835. The van der Waals surface area contributed by atoms with Crippen molar-refractivity contribution in [2.24, 2.45) is 0 Å². The summed E-state index contributed by atoms with van der Waals surface area (Å²) in [6.07, 6.45) is 0.647. The molecule has 3 rings (SSSR count). The van der Waals surface area contributed by atoms with Gasteiger partial charge >= 0.3 is 5.97 Å². The van der Waals surface area contributed by atoms with E-state index in [4.69, 9.17) is 4.74 Å². The van der Waals surface area contributed by atoms with Crippen LogP contribution in [0.1, 0.15) is 30.6 Å². The molecule has 0 bridgehead atoms. The number of carbonyl (C=O) groups excluding carboxylic acids is 2. The van der Waals surface area contributed by atoms with Crippen LogP contribution < -0.4 is 0 Å². The zero-order valence-electron chi connectivity index (χ0n) is 15.6. The number of hydrogen-bond acceptors (Lipinski definition) is 4. The highest BCUT2D eigenvalue weighted by Gasteiger charge is 2.50. The first-order valence-electron chi connectivity index (χ1n) is 9.03. The molecule has 0 saturated carbocycles. The number of nitrogens with zero attached hydrogens (tertiary/aromatic N) is 1. The maximum absolute atomic E-state index is 13.1. The van der Waals surface area contributed by atoms with E-state index in [0.29, 0.717) is 18.5 Å². The molecule has 0 radical (unpaired) electrons. The lowest BCUT2D eigenvalue weighted by Gasteiger charge is -2.34. The van der Waals surface area contributed by atoms with Gasteiger partial charge in [-0.15, -0.1) is 0 Å². The zero-order chi connectivity index (χ0) is 19.3. The normalized spacial score (nSPS) is 20.7. The van der Waals surface area contributed by atoms with Crippen LogP contribution in [0.4, 0.5) is 0 Å². The molecule has 1 atom stereocenters. The summed E-state index contributed by atoms with van der Waals surface area (Å²) in [5.74, 6) is -0.536. The number of likely N-dealkylation sites (tertiary alicyclic amines) is 1. The molecule has 0 unspecified atom stereocenters. The largest absolute Gasteiger partial charge is 0.464 e. The fraction of sp³-hybridized carbons (Fsp3) is 0.273. The minimum atomic E-state index is -1.09. The fourth-order valence-corrected chi connectivity index (χ4v) is 4.18. The highest BCUT2D eigenvalue weighted by molar-refractivity contribution is 8.02. The first-order valence-corrected chi connectivity index (χ1v) is 9.90. The van der Waals surface area contributed by atoms with Gasteiger partial charge in [0.1, 0.15) is 0 Å². The SMILES string of the molecule is CCOC(=O)[C@@]1(C)/C(=C\Sc2ccccc2)CCN1C(=O)c1ccccc1. The van der Waals surface area contributed by atoms with Crippen molar-refractivity contribution in [3.8, 4) is 0 Å². The third-order valence-corrected chi connectivity index (χ3v) is 5.74. The van der Waals surface area contributed by atoms with Gasteiger partial charge in [-0.25, -0.2) is 4.79 Å². The topological polar surface area (TPSA) is 46.6 Å². The number of rotatable bonds is 5. The molecule has 0 aliphatic carbocycles. The molecule has 1 aliphatic rings. The number of thioether (sulfide) groups is 1. The van der Waals surface area contributed by atoms with E-state index in [2.05, 4.69) is 0 Å². The number of amides is 1. The van der Waals surface area contributed by atoms with Crippen LogP contribution in [0.25, 0.3) is 0 Å². The highest BCUT2D eigenvalue weighted by atomic mass is 32.2. The molecule has 1 aliphatic heterocycles. The van der Waals surface area contributed by atoms with Crippen LogP contribution >= 0.6 is 11.8 Å². The number of carbonyl (C=O) groups is 2. The molecule has 0 aromatic heterocycles. The van der Waals surface area contributed by atoms with Crippen molar-refractivity contribution in [1.82, 2.24) is 4.90 Å². The molecule has 4 nitrogen and oxygen atoms in total. The summed E-state index contributed by atoms with van der Waals surface area (Å²) in [6.45, 7) is 4.34. The summed E-state index contributed by atoms with van der Waals surface area (Å²) >= 11 is 1.56. The number of ether oxygens (including phenoxy) is 1. The van der Waals surface area contributed by atoms with Crippen molar-refractivity contribution >= 4 is 23.6 Å². The second kappa shape index (κ2) is 8.44. The summed E-state index contributed by atoms with van der Waals surface area (Å²) in [5, 5.41) is 1.99. The van der Waals surface area contributed by atoms with Crippen LogP contribution in [0.2, 0.25) is 0 Å². The summed E-state index contributed by atoms with van der Waals surface area (Å²) < 4.78 is 5.34. The summed E-state index contributed by atoms with van der Waals surface area (Å²) in [4.78, 5) is 28.7. The Hall–Kier alpha value is -2.53. The van der Waals surface area contributed by atoms with Crippen molar-refractivity contribution in [3.63, 3.8) is 0 Å². The van der Waals surface area contributed by atoms with Crippen LogP contribution in [0, 0.1) is 0 Å². The third-order valence-electron chi connectivity index (χ3n) is 4.79. The van der Waals surface area contributed by atoms with Crippen molar-refractivity contribution < 1.29 is 14.3 Å². The molecular weight excluding hydrogens is 358 g/mol. The van der Waals surface area contributed by atoms with E-state index in [1.807, 2.05) is 53.9 Å². The maximum Gasteiger partial charge on any atom is 0.336 e. The van der Waals surface area contributed by atoms with Gasteiger partial charge < -0.3 is 9.64 Å². The van der Waals surface area contributed by atoms with E-state index in [1.165, 1.54) is 0 Å². The molecule has 1 fully saturated rings. The van der Waals surface area contributed by atoms with Crippen LogP contribution in [0.15, 0.2) is 76.5 Å². The van der Waals surface area contributed by atoms with E-state index >= 15 is 0 Å². The van der Waals surface area contributed by atoms with Gasteiger partial charge in [0, 0.05) is 17.0 Å². The quantitative estimate of drug-likeness (QED) is 0.564. The summed E-state index contributed by atoms with van der Waals surface area (Å²) in [5.41, 5.74) is 0.383. The lowest BCUT2D eigenvalue weighted by atomic mass is 9.93. The summed E-state index contributed by atoms with van der Waals surface area (Å²) in [7, 11) is 0. The van der Waals surface area contributed by atoms with Gasteiger partial charge in [-0.2, -0.15) is 0 Å². The van der Waals surface area contributed by atoms with Crippen molar-refractivity contribution in [2.75, 3.05) is 13.2 Å². The lowest BCUT2D eigenvalue weighted by molar-refractivity contribution is -0.151. The van der Waals surface area contributed by atoms with Crippen LogP contribution in [-0.2, 0) is 9.53 Å². The number of benzene rings is 2. The molecule has 5 heteroatoms. The Balaban J connectivity index is 1.92. The van der Waals surface area contributed by atoms with E-state index in [0.717, 1.165) is 10.5 Å². The minimum Gasteiger partial charge on any atom is -0.464 e. The smallest absolute Gasteiger partial charge is 0.336 e. The van der Waals surface area contributed by atoms with Crippen LogP contribution in [0.5, 0.6) is 0 Å². The van der Waals surface area contributed by atoms with E-state index in [-0.39, 0.29) is 18.5 Å². The molecule has 1 heterocycles. The molecule has 0 N–H and O–H groups in total. The van der Waals surface area contributed by atoms with Crippen LogP contribution in [0.3, 0.4) is 0 Å². The maximum atomic E-state index is 13.1. The standard InChI is InChI=1S/C22H23NO3S/c1-3-26-21(25)22(2)18(16-27-19-12-8-5-9-13-19)14-15-23(22)20(24)17-10-6-4-7-11-17/h4-13,16H,3,14-15H2,1-2H3/b18-16-/t22-/m1/s1. The molecule has 2 aromatic carbocycles. The van der Waals surface area contributed by atoms with Gasteiger partial charge in [-0.1, -0.05) is 48.2 Å². The van der Waals surface area contributed by atoms with Crippen molar-refractivity contribution in [3.05, 3.63) is 77.2 Å². The monoisotopic (exact) mass is 381 g/mol. The van der Waals surface area contributed by atoms with Gasteiger partial charge in [0.2, 0.25) is 0 Å². The second-order valence-electron chi connectivity index (χ2n) is 6.44. The Labute approximate surface area is 164 Å². The average Bonchev–Trinajstić information content (AvgIpc) is 3.05. The predicted molar refractivity (Wildman–Crippen MR) is 108 cm³/mol. The minimum absolute atomic E-state index is 0.153. The Kier molecular flexibility index (Phi) is 6.01. The van der Waals surface area contributed by atoms with Gasteiger partial charge in [-0.05, 0) is 55.5 Å². The Morgan fingerprint density at radius 2 is 1.74 bits per heavy atom. The fourth-order valence-electron chi connectivity index (χ4n) is 3.24. The zero-order valence-corrected chi connectivity index (χ0v) is 16.4. The first-order chi connectivity index (χ1) is 13.1.